The van der Waals surface area contributed by atoms with Crippen LogP contribution < -0.4 is 26.1 Å². The van der Waals surface area contributed by atoms with Gasteiger partial charge in [-0.2, -0.15) is 0 Å². The number of nitrogens with two attached hydrogens (primary N) is 2. The number of rotatable bonds is 8. The molecule has 0 spiro atoms. The second-order valence-electron chi connectivity index (χ2n) is 6.62. The Bertz CT molecular complexity index is 923. The molecule has 0 amide bonds. The Balaban J connectivity index is 2.29. The highest BCUT2D eigenvalue weighted by Crippen LogP contribution is 2.31. The van der Waals surface area contributed by atoms with Crippen LogP contribution in [0.4, 0.5) is 5.69 Å². The molecule has 0 bridgehead atoms. The van der Waals surface area contributed by atoms with Gasteiger partial charge in [0.15, 0.2) is 0 Å². The van der Waals surface area contributed by atoms with Gasteiger partial charge in [0.25, 0.3) is 0 Å². The number of aryl methyl sites for hydroxylation is 1. The Labute approximate surface area is 177 Å². The summed E-state index contributed by atoms with van der Waals surface area (Å²) in [6.45, 7) is 6.65. The van der Waals surface area contributed by atoms with Crippen LogP contribution in [0.3, 0.4) is 0 Å². The van der Waals surface area contributed by atoms with Crippen LogP contribution in [0.1, 0.15) is 30.5 Å². The number of hydrogen-bond donors (Lipinski definition) is 2. The number of ether oxygens (including phenoxy) is 2. The first-order valence-electron chi connectivity index (χ1n) is 9.36. The van der Waals surface area contributed by atoms with Crippen molar-refractivity contribution in [3.8, 4) is 11.5 Å². The van der Waals surface area contributed by atoms with E-state index in [2.05, 4.69) is 4.99 Å². The molecule has 156 valence electrons. The summed E-state index contributed by atoms with van der Waals surface area (Å²) in [7, 11) is 3.42. The topological polar surface area (TPSA) is 86.1 Å². The van der Waals surface area contributed by atoms with E-state index in [9.17, 15) is 0 Å². The molecule has 4 N–H and O–H groups in total. The average Bonchev–Trinajstić information content (AvgIpc) is 2.71. The molecule has 0 aromatic heterocycles. The summed E-state index contributed by atoms with van der Waals surface area (Å²) in [5, 5.41) is 1.95. The lowest BCUT2D eigenvalue weighted by Gasteiger charge is -2.21. The Kier molecular flexibility index (Phi) is 7.93. The van der Waals surface area contributed by atoms with E-state index in [0.717, 1.165) is 39.4 Å². The molecule has 0 atom stereocenters. The number of hydrogen-bond acceptors (Lipinski definition) is 6. The van der Waals surface area contributed by atoms with E-state index in [0.29, 0.717) is 24.1 Å². The van der Waals surface area contributed by atoms with E-state index in [-0.39, 0.29) is 0 Å². The van der Waals surface area contributed by atoms with Crippen molar-refractivity contribution in [3.05, 3.63) is 58.7 Å². The van der Waals surface area contributed by atoms with Crippen LogP contribution in [0.5, 0.6) is 11.5 Å². The van der Waals surface area contributed by atoms with Crippen molar-refractivity contribution in [2.75, 3.05) is 25.7 Å². The number of nitrogens with zero attached hydrogens (tertiary/aromatic N) is 2. The minimum Gasteiger partial charge on any atom is -0.493 e. The number of halogens is 1. The Morgan fingerprint density at radius 2 is 1.90 bits per heavy atom. The molecule has 0 saturated carbocycles. The first kappa shape index (κ1) is 22.6. The minimum absolute atomic E-state index is 0.325. The minimum atomic E-state index is 0.325. The van der Waals surface area contributed by atoms with Crippen LogP contribution in [-0.2, 0) is 6.61 Å². The van der Waals surface area contributed by atoms with Gasteiger partial charge in [0.1, 0.15) is 23.3 Å². The maximum absolute atomic E-state index is 6.24. The highest BCUT2D eigenvalue weighted by molar-refractivity contribution is 6.70. The van der Waals surface area contributed by atoms with E-state index in [1.807, 2.05) is 57.2 Å². The molecule has 0 aliphatic rings. The van der Waals surface area contributed by atoms with E-state index < -0.39 is 0 Å². The summed E-state index contributed by atoms with van der Waals surface area (Å²) in [6, 6.07) is 11.5. The number of benzene rings is 2. The average molecular weight is 417 g/mol. The second-order valence-corrected chi connectivity index (χ2v) is 6.98. The van der Waals surface area contributed by atoms with E-state index in [4.69, 9.17) is 32.7 Å². The second kappa shape index (κ2) is 10.2. The SMILES string of the molecule is CCOc1cccc(N(C)N)c1COc1ccc(C(N)=C(C)C(Cl)=NC)cc1C. The summed E-state index contributed by atoms with van der Waals surface area (Å²) in [4.78, 5) is 3.98. The first-order chi connectivity index (χ1) is 13.8. The van der Waals surface area contributed by atoms with Crippen molar-refractivity contribution in [2.24, 2.45) is 16.6 Å². The van der Waals surface area contributed by atoms with Gasteiger partial charge in [0, 0.05) is 25.4 Å². The van der Waals surface area contributed by atoms with Crippen LogP contribution in [0.2, 0.25) is 0 Å². The fourth-order valence-corrected chi connectivity index (χ4v) is 3.05. The molecule has 0 saturated heterocycles. The van der Waals surface area contributed by atoms with Gasteiger partial charge >= 0.3 is 0 Å². The maximum Gasteiger partial charge on any atom is 0.128 e. The highest BCUT2D eigenvalue weighted by Gasteiger charge is 2.14. The standard InChI is InChI=1S/C22H29ClN4O2/c1-6-28-20-9-7-8-18(27(5)25)17(20)13-29-19-11-10-16(12-14(19)2)21(24)15(3)22(23)26-4/h7-12H,6,13,24-25H2,1-5H3. The molecule has 0 radical (unpaired) electrons. The normalized spacial score (nSPS) is 12.4. The zero-order valence-electron chi connectivity index (χ0n) is 17.6. The summed E-state index contributed by atoms with van der Waals surface area (Å²) in [5.41, 5.74) is 11.1. The van der Waals surface area contributed by atoms with Gasteiger partial charge in [-0.25, -0.2) is 5.84 Å². The fourth-order valence-electron chi connectivity index (χ4n) is 2.94. The summed E-state index contributed by atoms with van der Waals surface area (Å²) in [5.74, 6) is 7.49. The van der Waals surface area contributed by atoms with Crippen molar-refractivity contribution in [1.29, 1.82) is 0 Å². The maximum atomic E-state index is 6.24. The van der Waals surface area contributed by atoms with Crippen LogP contribution in [0, 0.1) is 6.92 Å². The molecule has 0 aliphatic carbocycles. The van der Waals surface area contributed by atoms with Gasteiger partial charge in [-0.1, -0.05) is 17.7 Å². The lowest BCUT2D eigenvalue weighted by Crippen LogP contribution is -2.26. The largest absolute Gasteiger partial charge is 0.493 e. The molecule has 0 heterocycles. The smallest absolute Gasteiger partial charge is 0.128 e. The summed E-state index contributed by atoms with van der Waals surface area (Å²) >= 11 is 6.09. The molecule has 6 nitrogen and oxygen atoms in total. The molecule has 0 fully saturated rings. The lowest BCUT2D eigenvalue weighted by molar-refractivity contribution is 0.285. The number of hydrazine groups is 1. The fraction of sp³-hybridized carbons (Fsp3) is 0.318. The highest BCUT2D eigenvalue weighted by atomic mass is 35.5. The quantitative estimate of drug-likeness (QED) is 0.382. The predicted molar refractivity (Wildman–Crippen MR) is 122 cm³/mol. The summed E-state index contributed by atoms with van der Waals surface area (Å²) < 4.78 is 11.8. The molecule has 29 heavy (non-hydrogen) atoms. The van der Waals surface area contributed by atoms with Crippen molar-refractivity contribution in [2.45, 2.75) is 27.4 Å². The number of allylic oxidation sites excluding steroid dienone is 1. The van der Waals surface area contributed by atoms with Gasteiger partial charge in [-0.3, -0.25) is 4.99 Å². The van der Waals surface area contributed by atoms with Crippen molar-refractivity contribution < 1.29 is 9.47 Å². The number of anilines is 1. The lowest BCUT2D eigenvalue weighted by atomic mass is 10.0. The predicted octanol–water partition coefficient (Wildman–Crippen LogP) is 4.24. The molecule has 2 aromatic rings. The molecule has 0 aliphatic heterocycles. The molecule has 2 aromatic carbocycles. The summed E-state index contributed by atoms with van der Waals surface area (Å²) in [6.07, 6.45) is 0. The van der Waals surface area contributed by atoms with Gasteiger partial charge < -0.3 is 20.2 Å². The van der Waals surface area contributed by atoms with E-state index in [1.54, 1.807) is 19.1 Å². The van der Waals surface area contributed by atoms with Crippen LogP contribution in [0.15, 0.2) is 47.0 Å². The zero-order chi connectivity index (χ0) is 21.6. The molecule has 7 heteroatoms. The van der Waals surface area contributed by atoms with Gasteiger partial charge in [-0.15, -0.1) is 0 Å². The van der Waals surface area contributed by atoms with Gasteiger partial charge in [-0.05, 0) is 62.2 Å². The van der Waals surface area contributed by atoms with Crippen molar-refractivity contribution >= 4 is 28.2 Å². The third-order valence-electron chi connectivity index (χ3n) is 4.56. The Morgan fingerprint density at radius 1 is 1.17 bits per heavy atom. The monoisotopic (exact) mass is 416 g/mol. The van der Waals surface area contributed by atoms with Crippen molar-refractivity contribution in [3.63, 3.8) is 0 Å². The number of aliphatic imine (C=N–C) groups is 1. The molecule has 0 unspecified atom stereocenters. The van der Waals surface area contributed by atoms with Gasteiger partial charge in [0.05, 0.1) is 17.9 Å². The van der Waals surface area contributed by atoms with E-state index in [1.165, 1.54) is 0 Å². The molecule has 2 rings (SSSR count). The van der Waals surface area contributed by atoms with Crippen LogP contribution >= 0.6 is 11.6 Å². The Morgan fingerprint density at radius 3 is 2.48 bits per heavy atom. The first-order valence-corrected chi connectivity index (χ1v) is 9.73. The Hall–Kier alpha value is -2.70. The third-order valence-corrected chi connectivity index (χ3v) is 5.01. The van der Waals surface area contributed by atoms with Gasteiger partial charge in [0.2, 0.25) is 0 Å². The van der Waals surface area contributed by atoms with Crippen LogP contribution in [-0.4, -0.2) is 25.9 Å². The molecular weight excluding hydrogens is 388 g/mol. The molecular formula is C22H29ClN4O2. The van der Waals surface area contributed by atoms with E-state index >= 15 is 0 Å². The van der Waals surface area contributed by atoms with Crippen LogP contribution in [0.25, 0.3) is 5.70 Å². The van der Waals surface area contributed by atoms with Crippen molar-refractivity contribution in [1.82, 2.24) is 0 Å². The third kappa shape index (κ3) is 5.43. The zero-order valence-corrected chi connectivity index (χ0v) is 18.4.